The smallest absolute Gasteiger partial charge is 0.282 e. The van der Waals surface area contributed by atoms with Crippen molar-refractivity contribution < 1.29 is 25.8 Å². The first kappa shape index (κ1) is 17.1. The zero-order valence-electron chi connectivity index (χ0n) is 10.8. The van der Waals surface area contributed by atoms with Gasteiger partial charge in [0.25, 0.3) is 10.1 Å². The van der Waals surface area contributed by atoms with Gasteiger partial charge in [-0.2, -0.15) is 8.42 Å². The van der Waals surface area contributed by atoms with E-state index in [0.717, 1.165) is 12.2 Å². The Bertz CT molecular complexity index is 864. The van der Waals surface area contributed by atoms with Crippen LogP contribution in [0, 0.1) is 0 Å². The van der Waals surface area contributed by atoms with E-state index in [1.165, 1.54) is 30.3 Å². The van der Waals surface area contributed by atoms with Gasteiger partial charge in [-0.25, -0.2) is 17.9 Å². The summed E-state index contributed by atoms with van der Waals surface area (Å²) >= 11 is 5.70. The summed E-state index contributed by atoms with van der Waals surface area (Å²) in [6, 6.07) is 6.63. The first-order chi connectivity index (χ1) is 9.99. The van der Waals surface area contributed by atoms with E-state index >= 15 is 4.39 Å². The summed E-state index contributed by atoms with van der Waals surface area (Å²) in [5, 5.41) is 2.33. The van der Waals surface area contributed by atoms with Crippen molar-refractivity contribution in [3.8, 4) is 0 Å². The Morgan fingerprint density at radius 3 is 2.18 bits per heavy atom. The van der Waals surface area contributed by atoms with E-state index in [4.69, 9.17) is 16.7 Å². The van der Waals surface area contributed by atoms with Crippen LogP contribution in [-0.2, 0) is 25.8 Å². The minimum atomic E-state index is -5.12. The Labute approximate surface area is 131 Å². The Morgan fingerprint density at radius 1 is 1.18 bits per heavy atom. The Kier molecular flexibility index (Phi) is 4.22. The molecule has 2 unspecified atom stereocenters. The fraction of sp³-hybridized carbons (Fsp3) is 0.167. The van der Waals surface area contributed by atoms with Crippen LogP contribution in [0.2, 0.25) is 0 Å². The van der Waals surface area contributed by atoms with Gasteiger partial charge in [0.1, 0.15) is 10.2 Å². The van der Waals surface area contributed by atoms with Crippen molar-refractivity contribution in [1.82, 2.24) is 0 Å². The maximum Gasteiger partial charge on any atom is 0.295 e. The largest absolute Gasteiger partial charge is 0.295 e. The molecule has 1 aliphatic carbocycles. The number of nitrogens with two attached hydrogens (primary N) is 1. The maximum atomic E-state index is 15.7. The van der Waals surface area contributed by atoms with E-state index in [2.05, 4.69) is 0 Å². The van der Waals surface area contributed by atoms with Crippen molar-refractivity contribution in [3.63, 3.8) is 0 Å². The number of primary sulfonamides is 1. The predicted molar refractivity (Wildman–Crippen MR) is 79.7 cm³/mol. The van der Waals surface area contributed by atoms with Gasteiger partial charge in [-0.05, 0) is 11.6 Å². The normalized spacial score (nSPS) is 26.3. The minimum absolute atomic E-state index is 0.316. The maximum absolute atomic E-state index is 15.7. The summed E-state index contributed by atoms with van der Waals surface area (Å²) in [5.41, 5.74) is -3.46. The Hall–Kier alpha value is -1.26. The highest BCUT2D eigenvalue weighted by Crippen LogP contribution is 2.47. The SMILES string of the molecule is NS(=O)(=O)C1C=CC(Cl)=C(S(=O)(=O)O)C1(F)c1ccccc1. The standard InChI is InChI=1S/C12H11ClFNO5S2/c13-9-6-7-10(21(15,16)17)12(14,11(9)22(18,19)20)8-4-2-1-3-5-8/h1-7,10H,(H2,15,16,17)(H,18,19,20). The molecular formula is C12H11ClFNO5S2. The number of benzene rings is 1. The number of allylic oxidation sites excluding steroid dienone is 3. The molecule has 0 saturated carbocycles. The van der Waals surface area contributed by atoms with E-state index in [1.54, 1.807) is 0 Å². The van der Waals surface area contributed by atoms with Gasteiger partial charge in [-0.1, -0.05) is 48.0 Å². The molecule has 1 aromatic carbocycles. The lowest BCUT2D eigenvalue weighted by atomic mass is 9.88. The van der Waals surface area contributed by atoms with Crippen molar-refractivity contribution in [1.29, 1.82) is 0 Å². The monoisotopic (exact) mass is 367 g/mol. The van der Waals surface area contributed by atoms with Crippen LogP contribution in [-0.4, -0.2) is 26.6 Å². The van der Waals surface area contributed by atoms with Gasteiger partial charge in [0, 0.05) is 0 Å². The molecule has 1 aliphatic rings. The summed E-state index contributed by atoms with van der Waals surface area (Å²) in [7, 11) is -9.65. The quantitative estimate of drug-likeness (QED) is 0.784. The second-order valence-corrected chi connectivity index (χ2v) is 8.05. The third kappa shape index (κ3) is 2.82. The Balaban J connectivity index is 2.89. The lowest BCUT2D eigenvalue weighted by molar-refractivity contribution is 0.227. The number of hydrogen-bond donors (Lipinski definition) is 2. The number of halogens is 2. The molecule has 0 aliphatic heterocycles. The molecule has 6 nitrogen and oxygen atoms in total. The molecule has 0 spiro atoms. The second kappa shape index (κ2) is 5.43. The molecule has 0 heterocycles. The van der Waals surface area contributed by atoms with Crippen LogP contribution in [0.15, 0.2) is 52.4 Å². The van der Waals surface area contributed by atoms with Crippen LogP contribution in [0.5, 0.6) is 0 Å². The lowest BCUT2D eigenvalue weighted by Crippen LogP contribution is -2.47. The van der Waals surface area contributed by atoms with Crippen LogP contribution in [0.3, 0.4) is 0 Å². The van der Waals surface area contributed by atoms with Crippen LogP contribution in [0.1, 0.15) is 5.56 Å². The Morgan fingerprint density at radius 2 is 1.73 bits per heavy atom. The number of rotatable bonds is 3. The summed E-state index contributed by atoms with van der Waals surface area (Å²) in [6.45, 7) is 0. The zero-order chi connectivity index (χ0) is 16.8. The van der Waals surface area contributed by atoms with E-state index in [0.29, 0.717) is 0 Å². The van der Waals surface area contributed by atoms with Gasteiger partial charge in [-0.3, -0.25) is 4.55 Å². The average Bonchev–Trinajstić information content (AvgIpc) is 2.36. The van der Waals surface area contributed by atoms with Crippen molar-refractivity contribution in [2.75, 3.05) is 0 Å². The first-order valence-electron chi connectivity index (χ1n) is 5.81. The van der Waals surface area contributed by atoms with Gasteiger partial charge in [0.05, 0.1) is 5.03 Å². The van der Waals surface area contributed by atoms with Crippen molar-refractivity contribution in [2.24, 2.45) is 5.14 Å². The fourth-order valence-electron chi connectivity index (χ4n) is 2.31. The number of sulfonamides is 1. The molecule has 0 radical (unpaired) electrons. The van der Waals surface area contributed by atoms with Gasteiger partial charge >= 0.3 is 0 Å². The van der Waals surface area contributed by atoms with E-state index in [9.17, 15) is 21.4 Å². The molecule has 2 atom stereocenters. The highest BCUT2D eigenvalue weighted by atomic mass is 35.5. The molecule has 120 valence electrons. The summed E-state index contributed by atoms with van der Waals surface area (Å²) in [4.78, 5) is -1.26. The zero-order valence-corrected chi connectivity index (χ0v) is 13.2. The number of hydrogen-bond acceptors (Lipinski definition) is 4. The summed E-state index contributed by atoms with van der Waals surface area (Å²) in [6.07, 6.45) is 1.72. The molecule has 0 fully saturated rings. The van der Waals surface area contributed by atoms with Crippen LogP contribution < -0.4 is 5.14 Å². The average molecular weight is 368 g/mol. The molecule has 0 amide bonds. The van der Waals surface area contributed by atoms with Crippen LogP contribution in [0.25, 0.3) is 0 Å². The molecule has 0 saturated heterocycles. The summed E-state index contributed by atoms with van der Waals surface area (Å²) < 4.78 is 71.5. The van der Waals surface area contributed by atoms with Crippen LogP contribution >= 0.6 is 11.6 Å². The molecule has 22 heavy (non-hydrogen) atoms. The molecule has 2 rings (SSSR count). The molecule has 3 N–H and O–H groups in total. The predicted octanol–water partition coefficient (Wildman–Crippen LogP) is 1.42. The highest BCUT2D eigenvalue weighted by molar-refractivity contribution is 7.91. The van der Waals surface area contributed by atoms with Crippen LogP contribution in [0.4, 0.5) is 4.39 Å². The lowest BCUT2D eigenvalue weighted by Gasteiger charge is -2.34. The summed E-state index contributed by atoms with van der Waals surface area (Å²) in [5.74, 6) is 0. The van der Waals surface area contributed by atoms with Crippen molar-refractivity contribution in [3.05, 3.63) is 58.0 Å². The third-order valence-corrected chi connectivity index (χ3v) is 5.81. The molecule has 10 heteroatoms. The second-order valence-electron chi connectivity index (χ2n) is 4.60. The fourth-order valence-corrected chi connectivity index (χ4v) is 4.82. The molecule has 0 bridgehead atoms. The van der Waals surface area contributed by atoms with Crippen molar-refractivity contribution in [2.45, 2.75) is 10.9 Å². The highest BCUT2D eigenvalue weighted by Gasteiger charge is 2.55. The molecule has 0 aromatic heterocycles. The van der Waals surface area contributed by atoms with E-state index in [1.807, 2.05) is 0 Å². The third-order valence-electron chi connectivity index (χ3n) is 3.16. The minimum Gasteiger partial charge on any atom is -0.282 e. The van der Waals surface area contributed by atoms with Gasteiger partial charge in [0.2, 0.25) is 10.0 Å². The van der Waals surface area contributed by atoms with Crippen molar-refractivity contribution >= 4 is 31.7 Å². The van der Waals surface area contributed by atoms with Gasteiger partial charge in [-0.15, -0.1) is 0 Å². The van der Waals surface area contributed by atoms with E-state index in [-0.39, 0.29) is 5.56 Å². The van der Waals surface area contributed by atoms with Gasteiger partial charge in [0.15, 0.2) is 5.67 Å². The topological polar surface area (TPSA) is 115 Å². The molecular weight excluding hydrogens is 357 g/mol. The number of alkyl halides is 1. The van der Waals surface area contributed by atoms with Gasteiger partial charge < -0.3 is 0 Å². The van der Waals surface area contributed by atoms with E-state index < -0.39 is 41.0 Å². The first-order valence-corrected chi connectivity index (χ1v) is 9.23. The molecule has 1 aromatic rings.